The van der Waals surface area contributed by atoms with E-state index in [0.29, 0.717) is 48.1 Å². The Morgan fingerprint density at radius 3 is 2.25 bits per heavy atom. The number of aryl methyl sites for hydroxylation is 1. The maximum atomic E-state index is 12.7. The van der Waals surface area contributed by atoms with Crippen molar-refractivity contribution >= 4 is 34.2 Å². The Hall–Kier alpha value is -3.52. The monoisotopic (exact) mass is 448 g/mol. The van der Waals surface area contributed by atoms with Gasteiger partial charge in [-0.25, -0.2) is 4.98 Å². The molecule has 0 spiro atoms. The van der Waals surface area contributed by atoms with Gasteiger partial charge in [-0.2, -0.15) is 0 Å². The number of nitrogens with zero attached hydrogens (tertiary/aromatic N) is 3. The van der Waals surface area contributed by atoms with E-state index >= 15 is 0 Å². The molecule has 8 heteroatoms. The molecule has 3 aromatic rings. The molecule has 0 unspecified atom stereocenters. The Morgan fingerprint density at radius 2 is 1.56 bits per heavy atom. The van der Waals surface area contributed by atoms with Crippen LogP contribution in [-0.2, 0) is 11.2 Å². The minimum atomic E-state index is -0.229. The fourth-order valence-corrected chi connectivity index (χ4v) is 4.21. The van der Waals surface area contributed by atoms with Crippen LogP contribution in [0.25, 0.3) is 0 Å². The summed E-state index contributed by atoms with van der Waals surface area (Å²) in [7, 11) is 0. The van der Waals surface area contributed by atoms with Gasteiger partial charge in [-0.3, -0.25) is 19.7 Å². The number of carbonyl (C=O) groups is 3. The molecular weight excluding hydrogens is 424 g/mol. The highest BCUT2D eigenvalue weighted by Gasteiger charge is 2.25. The predicted molar refractivity (Wildman–Crippen MR) is 124 cm³/mol. The molecule has 0 radical (unpaired) electrons. The SMILES string of the molecule is Cc1ccc(C(=O)N2CCN(C(=O)Cc3csc(NC(=O)c4ccccc4)n3)CC2)cc1. The zero-order valence-corrected chi connectivity index (χ0v) is 18.6. The molecular formula is C24H24N4O3S. The van der Waals surface area contributed by atoms with Crippen LogP contribution >= 0.6 is 11.3 Å². The van der Waals surface area contributed by atoms with Crippen molar-refractivity contribution in [1.82, 2.24) is 14.8 Å². The van der Waals surface area contributed by atoms with Gasteiger partial charge in [-0.1, -0.05) is 35.9 Å². The van der Waals surface area contributed by atoms with Gasteiger partial charge in [0, 0.05) is 42.7 Å². The van der Waals surface area contributed by atoms with Crippen molar-refractivity contribution in [3.8, 4) is 0 Å². The van der Waals surface area contributed by atoms with Gasteiger partial charge in [0.25, 0.3) is 11.8 Å². The van der Waals surface area contributed by atoms with Crippen molar-refractivity contribution in [2.45, 2.75) is 13.3 Å². The standard InChI is InChI=1S/C24H24N4O3S/c1-17-7-9-19(10-8-17)23(31)28-13-11-27(12-14-28)21(29)15-20-16-32-24(25-20)26-22(30)18-5-3-2-4-6-18/h2-10,16H,11-15H2,1H3,(H,25,26,30). The Morgan fingerprint density at radius 1 is 0.906 bits per heavy atom. The van der Waals surface area contributed by atoms with E-state index in [0.717, 1.165) is 5.56 Å². The molecule has 0 atom stereocenters. The summed E-state index contributed by atoms with van der Waals surface area (Å²) in [6.07, 6.45) is 0.170. The molecule has 1 fully saturated rings. The van der Waals surface area contributed by atoms with Gasteiger partial charge in [0.15, 0.2) is 5.13 Å². The maximum absolute atomic E-state index is 12.7. The van der Waals surface area contributed by atoms with Crippen molar-refractivity contribution in [3.05, 3.63) is 82.4 Å². The first-order valence-electron chi connectivity index (χ1n) is 10.4. The van der Waals surface area contributed by atoms with Gasteiger partial charge in [0.2, 0.25) is 5.91 Å². The largest absolute Gasteiger partial charge is 0.339 e. The van der Waals surface area contributed by atoms with Gasteiger partial charge >= 0.3 is 0 Å². The van der Waals surface area contributed by atoms with Crippen molar-refractivity contribution in [1.29, 1.82) is 0 Å². The van der Waals surface area contributed by atoms with Gasteiger partial charge in [-0.05, 0) is 31.2 Å². The third kappa shape index (κ3) is 5.20. The van der Waals surface area contributed by atoms with Crippen LogP contribution in [-0.4, -0.2) is 58.7 Å². The number of benzene rings is 2. The minimum Gasteiger partial charge on any atom is -0.339 e. The molecule has 1 saturated heterocycles. The number of piperazine rings is 1. The number of anilines is 1. The second-order valence-corrected chi connectivity index (χ2v) is 8.54. The summed E-state index contributed by atoms with van der Waals surface area (Å²) in [5, 5.41) is 5.02. The number of hydrogen-bond acceptors (Lipinski definition) is 5. The van der Waals surface area contributed by atoms with E-state index in [-0.39, 0.29) is 24.1 Å². The van der Waals surface area contributed by atoms with Crippen LogP contribution in [0.1, 0.15) is 32.0 Å². The van der Waals surface area contributed by atoms with Crippen LogP contribution < -0.4 is 5.32 Å². The molecule has 4 rings (SSSR count). The number of nitrogens with one attached hydrogen (secondary N) is 1. The molecule has 1 aromatic heterocycles. The summed E-state index contributed by atoms with van der Waals surface area (Å²) in [6, 6.07) is 16.4. The number of rotatable bonds is 5. The molecule has 0 saturated carbocycles. The normalized spacial score (nSPS) is 13.7. The summed E-state index contributed by atoms with van der Waals surface area (Å²) in [5.74, 6) is -0.263. The zero-order valence-electron chi connectivity index (χ0n) is 17.8. The molecule has 164 valence electrons. The fourth-order valence-electron chi connectivity index (χ4n) is 3.51. The Kier molecular flexibility index (Phi) is 6.61. The number of hydrogen-bond donors (Lipinski definition) is 1. The topological polar surface area (TPSA) is 82.6 Å². The summed E-state index contributed by atoms with van der Waals surface area (Å²) >= 11 is 1.30. The molecule has 7 nitrogen and oxygen atoms in total. The lowest BCUT2D eigenvalue weighted by atomic mass is 10.1. The van der Waals surface area contributed by atoms with E-state index < -0.39 is 0 Å². The van der Waals surface area contributed by atoms with E-state index in [1.165, 1.54) is 11.3 Å². The number of thiazole rings is 1. The third-order valence-corrected chi connectivity index (χ3v) is 6.17. The maximum Gasteiger partial charge on any atom is 0.257 e. The number of carbonyl (C=O) groups excluding carboxylic acids is 3. The summed E-state index contributed by atoms with van der Waals surface area (Å²) < 4.78 is 0. The second kappa shape index (κ2) is 9.74. The predicted octanol–water partition coefficient (Wildman–Crippen LogP) is 3.23. The van der Waals surface area contributed by atoms with E-state index in [1.54, 1.807) is 39.4 Å². The van der Waals surface area contributed by atoms with Crippen molar-refractivity contribution in [2.24, 2.45) is 0 Å². The quantitative estimate of drug-likeness (QED) is 0.650. The first kappa shape index (κ1) is 21.7. The lowest BCUT2D eigenvalue weighted by Gasteiger charge is -2.34. The van der Waals surface area contributed by atoms with Gasteiger partial charge in [0.1, 0.15) is 0 Å². The fraction of sp³-hybridized carbons (Fsp3) is 0.250. The number of aromatic nitrogens is 1. The van der Waals surface area contributed by atoms with Gasteiger partial charge in [0.05, 0.1) is 12.1 Å². The number of amides is 3. The van der Waals surface area contributed by atoms with E-state index in [1.807, 2.05) is 37.3 Å². The summed E-state index contributed by atoms with van der Waals surface area (Å²) in [6.45, 7) is 4.00. The van der Waals surface area contributed by atoms with Crippen molar-refractivity contribution in [3.63, 3.8) is 0 Å². The van der Waals surface area contributed by atoms with Gasteiger partial charge < -0.3 is 9.80 Å². The lowest BCUT2D eigenvalue weighted by molar-refractivity contribution is -0.132. The van der Waals surface area contributed by atoms with E-state index in [4.69, 9.17) is 0 Å². The molecule has 1 aliphatic heterocycles. The molecule has 3 amide bonds. The molecule has 32 heavy (non-hydrogen) atoms. The molecule has 0 bridgehead atoms. The highest BCUT2D eigenvalue weighted by atomic mass is 32.1. The average Bonchev–Trinajstić information content (AvgIpc) is 3.26. The molecule has 1 aliphatic rings. The van der Waals surface area contributed by atoms with Crippen LogP contribution in [0.3, 0.4) is 0 Å². The highest BCUT2D eigenvalue weighted by molar-refractivity contribution is 7.14. The Bertz CT molecular complexity index is 1100. The molecule has 1 N–H and O–H groups in total. The van der Waals surface area contributed by atoms with Crippen LogP contribution in [0.15, 0.2) is 60.0 Å². The Balaban J connectivity index is 1.27. The first-order valence-corrected chi connectivity index (χ1v) is 11.3. The smallest absolute Gasteiger partial charge is 0.257 e. The third-order valence-electron chi connectivity index (χ3n) is 5.36. The summed E-state index contributed by atoms with van der Waals surface area (Å²) in [4.78, 5) is 45.5. The van der Waals surface area contributed by atoms with Crippen LogP contribution in [0.5, 0.6) is 0 Å². The van der Waals surface area contributed by atoms with Crippen molar-refractivity contribution < 1.29 is 14.4 Å². The lowest BCUT2D eigenvalue weighted by Crippen LogP contribution is -2.51. The van der Waals surface area contributed by atoms with Gasteiger partial charge in [-0.15, -0.1) is 11.3 Å². The Labute approximate surface area is 190 Å². The van der Waals surface area contributed by atoms with Crippen LogP contribution in [0.4, 0.5) is 5.13 Å². The van der Waals surface area contributed by atoms with Crippen LogP contribution in [0.2, 0.25) is 0 Å². The zero-order chi connectivity index (χ0) is 22.5. The first-order chi connectivity index (χ1) is 15.5. The van der Waals surface area contributed by atoms with E-state index in [9.17, 15) is 14.4 Å². The highest BCUT2D eigenvalue weighted by Crippen LogP contribution is 2.18. The second-order valence-electron chi connectivity index (χ2n) is 7.68. The minimum absolute atomic E-state index is 0.00426. The molecule has 2 aromatic carbocycles. The summed E-state index contributed by atoms with van der Waals surface area (Å²) in [5.41, 5.74) is 2.96. The molecule has 0 aliphatic carbocycles. The van der Waals surface area contributed by atoms with Crippen LogP contribution in [0, 0.1) is 6.92 Å². The van der Waals surface area contributed by atoms with Crippen molar-refractivity contribution in [2.75, 3.05) is 31.5 Å². The molecule has 2 heterocycles. The average molecular weight is 449 g/mol. The van der Waals surface area contributed by atoms with E-state index in [2.05, 4.69) is 10.3 Å².